The summed E-state index contributed by atoms with van der Waals surface area (Å²) in [7, 11) is 0. The van der Waals surface area contributed by atoms with Crippen LogP contribution in [0, 0.1) is 0 Å². The molecule has 0 bridgehead atoms. The van der Waals surface area contributed by atoms with Gasteiger partial charge in [-0.05, 0) is 24.6 Å². The fourth-order valence-corrected chi connectivity index (χ4v) is 1.82. The summed E-state index contributed by atoms with van der Waals surface area (Å²) in [4.78, 5) is 23.0. The van der Waals surface area contributed by atoms with Gasteiger partial charge in [0.15, 0.2) is 0 Å². The highest BCUT2D eigenvalue weighted by Crippen LogP contribution is 2.14. The van der Waals surface area contributed by atoms with Gasteiger partial charge in [0, 0.05) is 17.1 Å². The summed E-state index contributed by atoms with van der Waals surface area (Å²) in [5, 5.41) is 3.10. The molecule has 110 valence electrons. The summed E-state index contributed by atoms with van der Waals surface area (Å²) < 4.78 is 0. The molecule has 0 aliphatic carbocycles. The van der Waals surface area contributed by atoms with Crippen molar-refractivity contribution in [3.8, 4) is 0 Å². The van der Waals surface area contributed by atoms with Gasteiger partial charge in [0.05, 0.1) is 0 Å². The fraction of sp³-hybridized carbons (Fsp3) is 0.429. The minimum atomic E-state index is -0.505. The molecular weight excluding hydrogens is 278 g/mol. The van der Waals surface area contributed by atoms with E-state index in [4.69, 9.17) is 11.6 Å². The highest BCUT2D eigenvalue weighted by atomic mass is 35.5. The van der Waals surface area contributed by atoms with Gasteiger partial charge in [-0.1, -0.05) is 43.9 Å². The van der Waals surface area contributed by atoms with Crippen LogP contribution in [0.2, 0.25) is 5.02 Å². The number of rotatable bonds is 6. The highest BCUT2D eigenvalue weighted by Gasteiger charge is 2.04. The molecule has 0 radical (unpaired) electrons. The molecule has 0 saturated carbocycles. The first-order valence-electron chi connectivity index (χ1n) is 6.73. The molecule has 0 fully saturated rings. The summed E-state index contributed by atoms with van der Waals surface area (Å²) in [6.45, 7) is 2.11. The van der Waals surface area contributed by atoms with Crippen LogP contribution in [0.4, 0.5) is 10.5 Å². The topological polar surface area (TPSA) is 70.2 Å². The lowest BCUT2D eigenvalue weighted by Crippen LogP contribution is -2.43. The third kappa shape index (κ3) is 6.99. The second kappa shape index (κ2) is 9.20. The van der Waals surface area contributed by atoms with Crippen LogP contribution < -0.4 is 16.2 Å². The van der Waals surface area contributed by atoms with E-state index in [2.05, 4.69) is 23.1 Å². The maximum absolute atomic E-state index is 11.5. The van der Waals surface area contributed by atoms with E-state index in [0.29, 0.717) is 17.1 Å². The number of hydrogen-bond acceptors (Lipinski definition) is 2. The number of carbonyl (C=O) groups excluding carboxylic acids is 2. The fourth-order valence-electron chi connectivity index (χ4n) is 1.63. The molecule has 3 amide bonds. The molecule has 0 aliphatic rings. The zero-order chi connectivity index (χ0) is 14.8. The van der Waals surface area contributed by atoms with E-state index in [1.807, 2.05) is 0 Å². The lowest BCUT2D eigenvalue weighted by atomic mass is 10.1. The summed E-state index contributed by atoms with van der Waals surface area (Å²) in [6, 6.07) is 6.26. The van der Waals surface area contributed by atoms with Gasteiger partial charge < -0.3 is 5.32 Å². The minimum Gasteiger partial charge on any atom is -0.307 e. The van der Waals surface area contributed by atoms with Gasteiger partial charge in [-0.3, -0.25) is 10.2 Å². The van der Waals surface area contributed by atoms with Crippen molar-refractivity contribution in [3.63, 3.8) is 0 Å². The van der Waals surface area contributed by atoms with Crippen molar-refractivity contribution >= 4 is 29.2 Å². The molecule has 0 aliphatic heterocycles. The number of halogens is 1. The molecule has 0 spiro atoms. The van der Waals surface area contributed by atoms with Crippen molar-refractivity contribution in [1.82, 2.24) is 10.9 Å². The summed E-state index contributed by atoms with van der Waals surface area (Å²) in [5.74, 6) is -0.192. The molecule has 0 heterocycles. The Hall–Kier alpha value is -1.75. The Kier molecular flexibility index (Phi) is 7.50. The third-order valence-corrected chi connectivity index (χ3v) is 2.89. The number of carbonyl (C=O) groups is 2. The second-order valence-corrected chi connectivity index (χ2v) is 4.88. The smallest absolute Gasteiger partial charge is 0.307 e. The number of urea groups is 1. The van der Waals surface area contributed by atoms with E-state index in [1.165, 1.54) is 0 Å². The van der Waals surface area contributed by atoms with Crippen molar-refractivity contribution in [2.75, 3.05) is 5.32 Å². The van der Waals surface area contributed by atoms with E-state index in [0.717, 1.165) is 25.7 Å². The zero-order valence-corrected chi connectivity index (χ0v) is 12.3. The van der Waals surface area contributed by atoms with Gasteiger partial charge >= 0.3 is 6.03 Å². The lowest BCUT2D eigenvalue weighted by Gasteiger charge is -2.09. The van der Waals surface area contributed by atoms with E-state index in [1.54, 1.807) is 24.3 Å². The molecule has 3 N–H and O–H groups in total. The minimum absolute atomic E-state index is 0.192. The highest BCUT2D eigenvalue weighted by molar-refractivity contribution is 6.30. The second-order valence-electron chi connectivity index (χ2n) is 4.45. The van der Waals surface area contributed by atoms with E-state index < -0.39 is 6.03 Å². The summed E-state index contributed by atoms with van der Waals surface area (Å²) in [5.41, 5.74) is 5.22. The van der Waals surface area contributed by atoms with Gasteiger partial charge in [-0.25, -0.2) is 10.2 Å². The molecule has 0 aromatic heterocycles. The number of benzene rings is 1. The SMILES string of the molecule is CCCCCCC(=O)NNC(=O)Nc1cccc(Cl)c1. The standard InChI is InChI=1S/C14H20ClN3O2/c1-2-3-4-5-9-13(19)17-18-14(20)16-12-8-6-7-11(15)10-12/h6-8,10H,2-5,9H2,1H3,(H,17,19)(H2,16,18,20). The van der Waals surface area contributed by atoms with Crippen molar-refractivity contribution < 1.29 is 9.59 Å². The first-order chi connectivity index (χ1) is 9.61. The van der Waals surface area contributed by atoms with Gasteiger partial charge in [-0.15, -0.1) is 0 Å². The zero-order valence-electron chi connectivity index (χ0n) is 11.5. The van der Waals surface area contributed by atoms with Crippen LogP contribution in [0.1, 0.15) is 39.0 Å². The molecule has 5 nitrogen and oxygen atoms in total. The van der Waals surface area contributed by atoms with Crippen LogP contribution in [-0.2, 0) is 4.79 Å². The van der Waals surface area contributed by atoms with Crippen LogP contribution in [0.15, 0.2) is 24.3 Å². The first-order valence-corrected chi connectivity index (χ1v) is 7.11. The largest absolute Gasteiger partial charge is 0.337 e. The normalized spacial score (nSPS) is 9.90. The molecule has 6 heteroatoms. The van der Waals surface area contributed by atoms with Crippen molar-refractivity contribution in [1.29, 1.82) is 0 Å². The van der Waals surface area contributed by atoms with Crippen molar-refractivity contribution in [2.45, 2.75) is 39.0 Å². The monoisotopic (exact) mass is 297 g/mol. The van der Waals surface area contributed by atoms with Crippen molar-refractivity contribution in [3.05, 3.63) is 29.3 Å². The van der Waals surface area contributed by atoms with E-state index in [9.17, 15) is 9.59 Å². The summed E-state index contributed by atoms with van der Waals surface area (Å²) in [6.07, 6.45) is 4.52. The Labute approximate surface area is 124 Å². The van der Waals surface area contributed by atoms with Gasteiger partial charge in [0.1, 0.15) is 0 Å². The number of hydrogen-bond donors (Lipinski definition) is 3. The molecule has 20 heavy (non-hydrogen) atoms. The Morgan fingerprint density at radius 1 is 1.15 bits per heavy atom. The van der Waals surface area contributed by atoms with Crippen LogP contribution in [0.3, 0.4) is 0 Å². The molecule has 1 aromatic carbocycles. The average Bonchev–Trinajstić information content (AvgIpc) is 2.41. The van der Waals surface area contributed by atoms with E-state index >= 15 is 0 Å². The Balaban J connectivity index is 2.21. The maximum atomic E-state index is 11.5. The molecule has 1 rings (SSSR count). The summed E-state index contributed by atoms with van der Waals surface area (Å²) >= 11 is 5.80. The van der Waals surface area contributed by atoms with Crippen LogP contribution in [-0.4, -0.2) is 11.9 Å². The molecule has 1 aromatic rings. The van der Waals surface area contributed by atoms with Crippen LogP contribution >= 0.6 is 11.6 Å². The van der Waals surface area contributed by atoms with Gasteiger partial charge in [0.2, 0.25) is 5.91 Å². The number of nitrogens with one attached hydrogen (secondary N) is 3. The number of hydrazine groups is 1. The molecule has 0 saturated heterocycles. The first kappa shape index (κ1) is 16.3. The van der Waals surface area contributed by atoms with Gasteiger partial charge in [-0.2, -0.15) is 0 Å². The maximum Gasteiger partial charge on any atom is 0.337 e. The van der Waals surface area contributed by atoms with Crippen LogP contribution in [0.5, 0.6) is 0 Å². The number of amides is 3. The number of anilines is 1. The molecule has 0 atom stereocenters. The number of unbranched alkanes of at least 4 members (excludes halogenated alkanes) is 3. The lowest BCUT2D eigenvalue weighted by molar-refractivity contribution is -0.121. The average molecular weight is 298 g/mol. The predicted octanol–water partition coefficient (Wildman–Crippen LogP) is 3.46. The van der Waals surface area contributed by atoms with Gasteiger partial charge in [0.25, 0.3) is 0 Å². The molecular formula is C14H20ClN3O2. The third-order valence-electron chi connectivity index (χ3n) is 2.66. The Morgan fingerprint density at radius 2 is 1.95 bits per heavy atom. The Bertz CT molecular complexity index is 452. The predicted molar refractivity (Wildman–Crippen MR) is 80.5 cm³/mol. The molecule has 0 unspecified atom stereocenters. The van der Waals surface area contributed by atoms with Crippen molar-refractivity contribution in [2.24, 2.45) is 0 Å². The van der Waals surface area contributed by atoms with E-state index in [-0.39, 0.29) is 5.91 Å². The quantitative estimate of drug-likeness (QED) is 0.556. The van der Waals surface area contributed by atoms with Crippen LogP contribution in [0.25, 0.3) is 0 Å². The Morgan fingerprint density at radius 3 is 2.65 bits per heavy atom.